The second kappa shape index (κ2) is 7.70. The summed E-state index contributed by atoms with van der Waals surface area (Å²) in [6, 6.07) is 4.94. The van der Waals surface area contributed by atoms with Gasteiger partial charge in [-0.25, -0.2) is 4.79 Å². The number of nitrogens with one attached hydrogen (secondary N) is 1. The lowest BCUT2D eigenvalue weighted by Crippen LogP contribution is -2.32. The number of amides is 1. The zero-order chi connectivity index (χ0) is 15.9. The molecule has 0 atom stereocenters. The second-order valence-electron chi connectivity index (χ2n) is 5.33. The summed E-state index contributed by atoms with van der Waals surface area (Å²) in [5, 5.41) is 3.10. The van der Waals surface area contributed by atoms with Gasteiger partial charge in [0, 0.05) is 29.1 Å². The maximum absolute atomic E-state index is 11.4. The molecule has 0 spiro atoms. The molecule has 0 fully saturated rings. The minimum Gasteiger partial charge on any atom is -0.444 e. The molecule has 0 aliphatic heterocycles. The Labute approximate surface area is 129 Å². The number of carbonyl (C=O) groups is 2. The van der Waals surface area contributed by atoms with Crippen LogP contribution in [0.4, 0.5) is 4.79 Å². The summed E-state index contributed by atoms with van der Waals surface area (Å²) in [4.78, 5) is 22.3. The first-order valence-corrected chi connectivity index (χ1v) is 6.90. The highest BCUT2D eigenvalue weighted by Gasteiger charge is 2.15. The molecule has 0 radical (unpaired) electrons. The predicted molar refractivity (Wildman–Crippen MR) is 82.6 cm³/mol. The lowest BCUT2D eigenvalue weighted by molar-refractivity contribution is 0.0529. The molecular formula is C16H18ClNO3. The molecule has 1 rings (SSSR count). The van der Waals surface area contributed by atoms with Crippen molar-refractivity contribution in [3.8, 4) is 11.8 Å². The number of aldehydes is 1. The van der Waals surface area contributed by atoms with Crippen molar-refractivity contribution in [1.82, 2.24) is 5.32 Å². The highest BCUT2D eigenvalue weighted by Crippen LogP contribution is 2.13. The van der Waals surface area contributed by atoms with E-state index in [1.165, 1.54) is 0 Å². The van der Waals surface area contributed by atoms with Crippen molar-refractivity contribution in [2.45, 2.75) is 32.8 Å². The van der Waals surface area contributed by atoms with E-state index in [1.807, 2.05) is 0 Å². The standard InChI is InChI=1S/C16H18ClNO3/c1-16(2,3)21-15(20)18-9-5-4-6-12-7-8-14(17)10-13(12)11-19/h7-8,10-11H,5,9H2,1-3H3,(H,18,20). The van der Waals surface area contributed by atoms with Gasteiger partial charge in [0.2, 0.25) is 0 Å². The van der Waals surface area contributed by atoms with E-state index in [4.69, 9.17) is 16.3 Å². The third kappa shape index (κ3) is 6.82. The van der Waals surface area contributed by atoms with E-state index in [0.29, 0.717) is 29.1 Å². The van der Waals surface area contributed by atoms with Gasteiger partial charge in [0.05, 0.1) is 0 Å². The Morgan fingerprint density at radius 2 is 2.14 bits per heavy atom. The van der Waals surface area contributed by atoms with Crippen LogP contribution >= 0.6 is 11.6 Å². The maximum Gasteiger partial charge on any atom is 0.407 e. The molecule has 0 saturated heterocycles. The molecule has 0 aromatic heterocycles. The van der Waals surface area contributed by atoms with E-state index >= 15 is 0 Å². The maximum atomic E-state index is 11.4. The quantitative estimate of drug-likeness (QED) is 0.529. The summed E-state index contributed by atoms with van der Waals surface area (Å²) in [7, 11) is 0. The number of carbonyl (C=O) groups excluding carboxylic acids is 2. The largest absolute Gasteiger partial charge is 0.444 e. The smallest absolute Gasteiger partial charge is 0.407 e. The van der Waals surface area contributed by atoms with Crippen LogP contribution in [0.1, 0.15) is 43.1 Å². The molecule has 1 amide bonds. The first-order valence-electron chi connectivity index (χ1n) is 6.52. The molecule has 0 bridgehead atoms. The Morgan fingerprint density at radius 3 is 2.76 bits per heavy atom. The average molecular weight is 308 g/mol. The van der Waals surface area contributed by atoms with Crippen LogP contribution in [0.25, 0.3) is 0 Å². The fourth-order valence-electron chi connectivity index (χ4n) is 1.44. The van der Waals surface area contributed by atoms with Gasteiger partial charge >= 0.3 is 6.09 Å². The number of hydrogen-bond donors (Lipinski definition) is 1. The van der Waals surface area contributed by atoms with E-state index in [0.717, 1.165) is 6.29 Å². The summed E-state index contributed by atoms with van der Waals surface area (Å²) < 4.78 is 5.09. The fraction of sp³-hybridized carbons (Fsp3) is 0.375. The molecule has 0 saturated carbocycles. The van der Waals surface area contributed by atoms with Gasteiger partial charge in [0.25, 0.3) is 0 Å². The van der Waals surface area contributed by atoms with Crippen LogP contribution in [0.5, 0.6) is 0 Å². The minimum absolute atomic E-state index is 0.381. The zero-order valence-corrected chi connectivity index (χ0v) is 13.1. The molecule has 112 valence electrons. The van der Waals surface area contributed by atoms with E-state index in [-0.39, 0.29) is 0 Å². The molecule has 0 unspecified atom stereocenters. The molecular weight excluding hydrogens is 290 g/mol. The third-order valence-corrected chi connectivity index (χ3v) is 2.52. The molecule has 1 aromatic carbocycles. The number of benzene rings is 1. The number of halogens is 1. The van der Waals surface area contributed by atoms with Gasteiger partial charge in [-0.05, 0) is 39.0 Å². The normalized spacial score (nSPS) is 10.3. The predicted octanol–water partition coefficient (Wildman–Crippen LogP) is 3.42. The summed E-state index contributed by atoms with van der Waals surface area (Å²) in [6.07, 6.45) is 0.707. The van der Waals surface area contributed by atoms with Crippen LogP contribution in [0.2, 0.25) is 5.02 Å². The lowest BCUT2D eigenvalue weighted by atomic mass is 10.1. The van der Waals surface area contributed by atoms with Crippen molar-refractivity contribution < 1.29 is 14.3 Å². The summed E-state index contributed by atoms with van der Waals surface area (Å²) in [5.74, 6) is 5.77. The third-order valence-electron chi connectivity index (χ3n) is 2.28. The topological polar surface area (TPSA) is 55.4 Å². The van der Waals surface area contributed by atoms with Crippen LogP contribution in [0, 0.1) is 11.8 Å². The van der Waals surface area contributed by atoms with Gasteiger partial charge in [-0.2, -0.15) is 0 Å². The monoisotopic (exact) mass is 307 g/mol. The van der Waals surface area contributed by atoms with Gasteiger partial charge in [-0.1, -0.05) is 23.4 Å². The van der Waals surface area contributed by atoms with E-state index in [9.17, 15) is 9.59 Å². The van der Waals surface area contributed by atoms with Crippen molar-refractivity contribution in [1.29, 1.82) is 0 Å². The van der Waals surface area contributed by atoms with Crippen molar-refractivity contribution >= 4 is 24.0 Å². The molecule has 0 heterocycles. The lowest BCUT2D eigenvalue weighted by Gasteiger charge is -2.19. The van der Waals surface area contributed by atoms with Crippen LogP contribution in [0.3, 0.4) is 0 Å². The highest BCUT2D eigenvalue weighted by molar-refractivity contribution is 6.30. The summed E-state index contributed by atoms with van der Waals surface area (Å²) >= 11 is 5.80. The Morgan fingerprint density at radius 1 is 1.43 bits per heavy atom. The molecule has 21 heavy (non-hydrogen) atoms. The van der Waals surface area contributed by atoms with E-state index in [1.54, 1.807) is 39.0 Å². The van der Waals surface area contributed by atoms with Crippen LogP contribution in [-0.2, 0) is 4.74 Å². The van der Waals surface area contributed by atoms with Gasteiger partial charge in [-0.15, -0.1) is 0 Å². The van der Waals surface area contributed by atoms with Gasteiger partial charge in [0.15, 0.2) is 6.29 Å². The van der Waals surface area contributed by atoms with E-state index < -0.39 is 11.7 Å². The molecule has 1 aromatic rings. The average Bonchev–Trinajstić information content (AvgIpc) is 2.37. The Balaban J connectivity index is 2.47. The first-order chi connectivity index (χ1) is 9.81. The van der Waals surface area contributed by atoms with Gasteiger partial charge < -0.3 is 10.1 Å². The van der Waals surface area contributed by atoms with Crippen molar-refractivity contribution in [3.05, 3.63) is 34.3 Å². The SMILES string of the molecule is CC(C)(C)OC(=O)NCCC#Cc1ccc(Cl)cc1C=O. The van der Waals surface area contributed by atoms with Gasteiger partial charge in [0.1, 0.15) is 5.60 Å². The molecule has 0 aliphatic rings. The Bertz CT molecular complexity index is 579. The molecule has 1 N–H and O–H groups in total. The van der Waals surface area contributed by atoms with Crippen LogP contribution in [0.15, 0.2) is 18.2 Å². The molecule has 4 nitrogen and oxygen atoms in total. The number of alkyl carbamates (subject to hydrolysis) is 1. The number of hydrogen-bond acceptors (Lipinski definition) is 3. The highest BCUT2D eigenvalue weighted by atomic mass is 35.5. The summed E-state index contributed by atoms with van der Waals surface area (Å²) in [6.45, 7) is 5.78. The fourth-order valence-corrected chi connectivity index (χ4v) is 1.62. The number of ether oxygens (including phenoxy) is 1. The van der Waals surface area contributed by atoms with Crippen LogP contribution < -0.4 is 5.32 Å². The summed E-state index contributed by atoms with van der Waals surface area (Å²) in [5.41, 5.74) is 0.555. The zero-order valence-electron chi connectivity index (χ0n) is 12.3. The van der Waals surface area contributed by atoms with Gasteiger partial charge in [-0.3, -0.25) is 4.79 Å². The minimum atomic E-state index is -0.516. The van der Waals surface area contributed by atoms with Crippen LogP contribution in [-0.4, -0.2) is 24.5 Å². The van der Waals surface area contributed by atoms with Crippen molar-refractivity contribution in [2.75, 3.05) is 6.54 Å². The number of rotatable bonds is 3. The Hall–Kier alpha value is -1.99. The van der Waals surface area contributed by atoms with E-state index in [2.05, 4.69) is 17.2 Å². The second-order valence-corrected chi connectivity index (χ2v) is 5.77. The molecule has 0 aliphatic carbocycles. The first kappa shape index (κ1) is 17.1. The Kier molecular flexibility index (Phi) is 6.26. The van der Waals surface area contributed by atoms with Crippen molar-refractivity contribution in [2.24, 2.45) is 0 Å². The molecule has 5 heteroatoms. The van der Waals surface area contributed by atoms with Crippen molar-refractivity contribution in [3.63, 3.8) is 0 Å².